The number of amides is 4. The lowest BCUT2D eigenvalue weighted by Crippen LogP contribution is -2.37. The predicted octanol–water partition coefficient (Wildman–Crippen LogP) is 4.03. The molecule has 1 unspecified atom stereocenters. The van der Waals surface area contributed by atoms with E-state index in [9.17, 15) is 19.2 Å². The van der Waals surface area contributed by atoms with Crippen molar-refractivity contribution < 1.29 is 19.2 Å². The Morgan fingerprint density at radius 2 is 1.60 bits per heavy atom. The fourth-order valence-corrected chi connectivity index (χ4v) is 6.69. The molecule has 1 aromatic carbocycles. The van der Waals surface area contributed by atoms with E-state index in [2.05, 4.69) is 39.8 Å². The van der Waals surface area contributed by atoms with Gasteiger partial charge in [-0.3, -0.25) is 19.2 Å². The van der Waals surface area contributed by atoms with Crippen molar-refractivity contribution in [1.29, 1.82) is 0 Å². The summed E-state index contributed by atoms with van der Waals surface area (Å²) in [5, 5.41) is 13.7. The molecule has 1 aliphatic rings. The van der Waals surface area contributed by atoms with Crippen LogP contribution < -0.4 is 21.7 Å². The zero-order chi connectivity index (χ0) is 31.5. The van der Waals surface area contributed by atoms with Crippen molar-refractivity contribution >= 4 is 58.7 Å². The average Bonchev–Trinajstić information content (AvgIpc) is 3.69. The maximum Gasteiger partial charge on any atom is 0.271 e. The van der Waals surface area contributed by atoms with Gasteiger partial charge in [-0.2, -0.15) is 0 Å². The fraction of sp³-hybridized carbons (Fsp3) is 0.484. The first-order valence-corrected chi connectivity index (χ1v) is 16.8. The molecular formula is C31H42ClN7O4S2. The Bertz CT molecular complexity index is 1420. The summed E-state index contributed by atoms with van der Waals surface area (Å²) in [6.45, 7) is 5.59. The van der Waals surface area contributed by atoms with E-state index in [1.54, 1.807) is 15.7 Å². The van der Waals surface area contributed by atoms with Crippen molar-refractivity contribution in [2.24, 2.45) is 11.7 Å². The van der Waals surface area contributed by atoms with Gasteiger partial charge in [-0.1, -0.05) is 44.2 Å². The van der Waals surface area contributed by atoms with Crippen LogP contribution in [0.5, 0.6) is 0 Å². The summed E-state index contributed by atoms with van der Waals surface area (Å²) in [7, 11) is 0. The van der Waals surface area contributed by atoms with Crippen LogP contribution in [0.4, 0.5) is 0 Å². The summed E-state index contributed by atoms with van der Waals surface area (Å²) in [5.41, 5.74) is 7.18. The minimum Gasteiger partial charge on any atom is -0.351 e. The molecule has 3 aromatic rings. The Hall–Kier alpha value is -3.39. The summed E-state index contributed by atoms with van der Waals surface area (Å²) < 4.78 is 0. The van der Waals surface area contributed by atoms with Crippen LogP contribution in [0.25, 0.3) is 0 Å². The van der Waals surface area contributed by atoms with Crippen LogP contribution in [0.2, 0.25) is 0 Å². The number of fused-ring (bicyclic) bond motifs is 4. The third-order valence-electron chi connectivity index (χ3n) is 7.17. The quantitative estimate of drug-likeness (QED) is 0.307. The third-order valence-corrected chi connectivity index (χ3v) is 9.09. The molecule has 5 N–H and O–H groups in total. The minimum absolute atomic E-state index is 0. The molecule has 45 heavy (non-hydrogen) atoms. The first-order chi connectivity index (χ1) is 21.2. The number of aromatic nitrogens is 2. The number of hydrogen-bond donors (Lipinski definition) is 4. The van der Waals surface area contributed by atoms with Gasteiger partial charge in [-0.05, 0) is 37.2 Å². The lowest BCUT2D eigenvalue weighted by molar-refractivity contribution is -0.131. The summed E-state index contributed by atoms with van der Waals surface area (Å²) >= 11 is 2.65. The molecule has 3 heterocycles. The number of carbonyl (C=O) groups is 4. The van der Waals surface area contributed by atoms with Gasteiger partial charge in [0.15, 0.2) is 0 Å². The highest BCUT2D eigenvalue weighted by molar-refractivity contribution is 7.10. The van der Waals surface area contributed by atoms with Crippen molar-refractivity contribution in [3.63, 3.8) is 0 Å². The van der Waals surface area contributed by atoms with E-state index in [4.69, 9.17) is 5.73 Å². The lowest BCUT2D eigenvalue weighted by Gasteiger charge is -2.23. The molecule has 4 bridgehead atoms. The van der Waals surface area contributed by atoms with Crippen LogP contribution in [-0.2, 0) is 16.0 Å². The number of benzene rings is 1. The Labute approximate surface area is 278 Å². The minimum atomic E-state index is -0.482. The Kier molecular flexibility index (Phi) is 14.4. The Balaban J connectivity index is 0.00000552. The number of hydrogen-bond acceptors (Lipinski definition) is 9. The van der Waals surface area contributed by atoms with Crippen molar-refractivity contribution in [1.82, 2.24) is 30.8 Å². The first-order valence-electron chi connectivity index (χ1n) is 15.0. The summed E-state index contributed by atoms with van der Waals surface area (Å²) in [5.74, 6) is -0.594. The number of nitrogens with zero attached hydrogens (tertiary/aromatic N) is 3. The highest BCUT2D eigenvalue weighted by Crippen LogP contribution is 2.27. The molecule has 0 aliphatic carbocycles. The molecule has 14 heteroatoms. The van der Waals surface area contributed by atoms with E-state index >= 15 is 0 Å². The smallest absolute Gasteiger partial charge is 0.271 e. The first kappa shape index (κ1) is 36.1. The van der Waals surface area contributed by atoms with Gasteiger partial charge in [0, 0.05) is 49.8 Å². The van der Waals surface area contributed by atoms with Crippen molar-refractivity contribution in [3.05, 3.63) is 68.1 Å². The van der Waals surface area contributed by atoms with Crippen LogP contribution in [0, 0.1) is 5.92 Å². The van der Waals surface area contributed by atoms with E-state index < -0.39 is 6.04 Å². The number of carbonyl (C=O) groups excluding carboxylic acids is 4. The molecule has 1 aliphatic heterocycles. The summed E-state index contributed by atoms with van der Waals surface area (Å²) in [6.07, 6.45) is 2.64. The normalized spacial score (nSPS) is 18.7. The van der Waals surface area contributed by atoms with Gasteiger partial charge in [0.25, 0.3) is 11.8 Å². The molecule has 2 aromatic heterocycles. The largest absolute Gasteiger partial charge is 0.351 e. The van der Waals surface area contributed by atoms with E-state index in [1.165, 1.54) is 22.7 Å². The standard InChI is InChI=1S/C31H41N7O4S2.ClH/c1-20(2)16-22-30-37-25(19-44-30)29(42)35-23(17-21-8-4-3-5-9-21)31-36-24(18-43-31)28(41)33-13-7-15-38(27(40)11-12-32)14-6-10-26(39)34-22;/h3-5,8-9,18-20,22-23H,6-7,10-17,32H2,1-2H3,(H,33,41)(H,34,39)(H,35,42);1H/t22?,23-;/m0./s1. The average molecular weight is 676 g/mol. The molecule has 0 spiro atoms. The zero-order valence-electron chi connectivity index (χ0n) is 25.6. The number of nitrogens with one attached hydrogen (secondary N) is 3. The summed E-state index contributed by atoms with van der Waals surface area (Å²) in [6, 6.07) is 8.95. The van der Waals surface area contributed by atoms with Gasteiger partial charge < -0.3 is 26.6 Å². The van der Waals surface area contributed by atoms with Crippen LogP contribution >= 0.6 is 35.1 Å². The molecule has 0 saturated carbocycles. The second kappa shape index (κ2) is 17.9. The molecule has 4 amide bonds. The van der Waals surface area contributed by atoms with Crippen LogP contribution in [0.1, 0.15) is 94.6 Å². The van der Waals surface area contributed by atoms with E-state index in [-0.39, 0.29) is 78.8 Å². The molecule has 2 atom stereocenters. The molecule has 0 fully saturated rings. The molecule has 4 rings (SSSR count). The maximum atomic E-state index is 13.5. The number of rotatable bonds is 6. The summed E-state index contributed by atoms with van der Waals surface area (Å²) in [4.78, 5) is 63.0. The van der Waals surface area contributed by atoms with Gasteiger partial charge in [-0.15, -0.1) is 35.1 Å². The van der Waals surface area contributed by atoms with Gasteiger partial charge in [-0.25, -0.2) is 9.97 Å². The van der Waals surface area contributed by atoms with Crippen molar-refractivity contribution in [2.45, 2.75) is 64.5 Å². The fourth-order valence-electron chi connectivity index (χ4n) is 4.98. The van der Waals surface area contributed by atoms with Gasteiger partial charge in [0.2, 0.25) is 11.8 Å². The number of nitrogens with two attached hydrogens (primary N) is 1. The van der Waals surface area contributed by atoms with E-state index in [1.807, 2.05) is 30.3 Å². The van der Waals surface area contributed by atoms with Crippen LogP contribution in [0.3, 0.4) is 0 Å². The SMILES string of the molecule is CC(C)CC1NC(=O)CCCN(C(=O)CCN)CCCNC(=O)c2csc(n2)[C@H](Cc2ccccc2)NC(=O)c2csc1n2.Cl. The van der Waals surface area contributed by atoms with Gasteiger partial charge in [0.05, 0.1) is 12.1 Å². The molecule has 0 radical (unpaired) electrons. The van der Waals surface area contributed by atoms with Crippen LogP contribution in [0.15, 0.2) is 41.1 Å². The van der Waals surface area contributed by atoms with Gasteiger partial charge >= 0.3 is 0 Å². The molecule has 244 valence electrons. The monoisotopic (exact) mass is 675 g/mol. The highest BCUT2D eigenvalue weighted by atomic mass is 35.5. The second-order valence-electron chi connectivity index (χ2n) is 11.2. The van der Waals surface area contributed by atoms with E-state index in [0.29, 0.717) is 55.3 Å². The molecule has 11 nitrogen and oxygen atoms in total. The highest BCUT2D eigenvalue weighted by Gasteiger charge is 2.25. The maximum absolute atomic E-state index is 13.5. The predicted molar refractivity (Wildman–Crippen MR) is 179 cm³/mol. The topological polar surface area (TPSA) is 159 Å². The third kappa shape index (κ3) is 10.9. The van der Waals surface area contributed by atoms with Crippen molar-refractivity contribution in [2.75, 3.05) is 26.2 Å². The number of thiazole rings is 2. The second-order valence-corrected chi connectivity index (χ2v) is 13.0. The molecule has 0 saturated heterocycles. The van der Waals surface area contributed by atoms with Crippen LogP contribution in [-0.4, -0.2) is 64.7 Å². The Morgan fingerprint density at radius 3 is 2.27 bits per heavy atom. The van der Waals surface area contributed by atoms with E-state index in [0.717, 1.165) is 5.56 Å². The van der Waals surface area contributed by atoms with Crippen molar-refractivity contribution in [3.8, 4) is 0 Å². The lowest BCUT2D eigenvalue weighted by atomic mass is 10.0. The van der Waals surface area contributed by atoms with Gasteiger partial charge in [0.1, 0.15) is 21.4 Å². The Morgan fingerprint density at radius 1 is 0.956 bits per heavy atom. The zero-order valence-corrected chi connectivity index (χ0v) is 28.1. The number of halogens is 1. The molecular weight excluding hydrogens is 634 g/mol.